The van der Waals surface area contributed by atoms with Crippen LogP contribution in [0, 0.1) is 0 Å². The van der Waals surface area contributed by atoms with Gasteiger partial charge in [0, 0.05) is 17.6 Å². The van der Waals surface area contributed by atoms with Crippen LogP contribution in [-0.4, -0.2) is 13.2 Å². The predicted molar refractivity (Wildman–Crippen MR) is 66.8 cm³/mol. The molecule has 0 aliphatic heterocycles. The van der Waals surface area contributed by atoms with E-state index in [4.69, 9.17) is 4.74 Å². The summed E-state index contributed by atoms with van der Waals surface area (Å²) in [6.07, 6.45) is 5.13. The lowest BCUT2D eigenvalue weighted by Gasteiger charge is -2.31. The molecule has 1 fully saturated rings. The van der Waals surface area contributed by atoms with Crippen LogP contribution in [0.5, 0.6) is 5.75 Å². The van der Waals surface area contributed by atoms with E-state index in [1.165, 1.54) is 24.8 Å². The quantitative estimate of drug-likeness (QED) is 0.820. The first-order valence-corrected chi connectivity index (χ1v) is 6.24. The number of para-hydroxylation sites is 1. The maximum atomic E-state index is 5.42. The molecule has 0 aromatic heterocycles. The second-order valence-electron chi connectivity index (χ2n) is 4.50. The molecule has 2 nitrogen and oxygen atoms in total. The van der Waals surface area contributed by atoms with Crippen LogP contribution in [0.4, 0.5) is 0 Å². The molecule has 1 atom stereocenters. The van der Waals surface area contributed by atoms with Gasteiger partial charge in [-0.3, -0.25) is 0 Å². The van der Waals surface area contributed by atoms with E-state index in [2.05, 4.69) is 24.4 Å². The van der Waals surface area contributed by atoms with Crippen LogP contribution in [0.25, 0.3) is 0 Å². The molecule has 1 aliphatic carbocycles. The highest BCUT2D eigenvalue weighted by Gasteiger charge is 2.22. The highest BCUT2D eigenvalue weighted by molar-refractivity contribution is 5.35. The second kappa shape index (κ2) is 5.35. The van der Waals surface area contributed by atoms with Crippen molar-refractivity contribution in [2.45, 2.75) is 44.7 Å². The van der Waals surface area contributed by atoms with Gasteiger partial charge in [0.25, 0.3) is 0 Å². The third-order valence-electron chi connectivity index (χ3n) is 3.46. The van der Waals surface area contributed by atoms with Gasteiger partial charge < -0.3 is 10.1 Å². The zero-order chi connectivity index (χ0) is 11.4. The van der Waals surface area contributed by atoms with Crippen LogP contribution < -0.4 is 10.1 Å². The van der Waals surface area contributed by atoms with Gasteiger partial charge in [0.2, 0.25) is 0 Å². The average Bonchev–Trinajstić information content (AvgIpc) is 2.28. The van der Waals surface area contributed by atoms with Gasteiger partial charge in [0.1, 0.15) is 5.75 Å². The average molecular weight is 219 g/mol. The van der Waals surface area contributed by atoms with Gasteiger partial charge in [-0.05, 0) is 25.3 Å². The van der Waals surface area contributed by atoms with Crippen LogP contribution in [0.1, 0.15) is 44.2 Å². The van der Waals surface area contributed by atoms with Gasteiger partial charge in [0.15, 0.2) is 0 Å². The molecule has 1 unspecified atom stereocenters. The number of benzene rings is 1. The molecular formula is C14H21NO. The number of nitrogens with one attached hydrogen (secondary N) is 1. The van der Waals surface area contributed by atoms with Crippen molar-refractivity contribution in [3.05, 3.63) is 29.8 Å². The van der Waals surface area contributed by atoms with Crippen LogP contribution in [-0.2, 0) is 0 Å². The fourth-order valence-electron chi connectivity index (χ4n) is 2.24. The van der Waals surface area contributed by atoms with Crippen molar-refractivity contribution < 1.29 is 4.74 Å². The standard InChI is InChI=1S/C14H21NO/c1-3-13(15-11-7-6-8-11)12-9-4-5-10-14(12)16-2/h4-5,9-11,13,15H,3,6-8H2,1-2H3. The molecule has 1 aromatic carbocycles. The Hall–Kier alpha value is -1.02. The van der Waals surface area contributed by atoms with Crippen molar-refractivity contribution in [1.29, 1.82) is 0 Å². The molecule has 0 spiro atoms. The maximum absolute atomic E-state index is 5.42. The summed E-state index contributed by atoms with van der Waals surface area (Å²) in [5.74, 6) is 1.00. The van der Waals surface area contributed by atoms with E-state index in [1.807, 2.05) is 12.1 Å². The predicted octanol–water partition coefficient (Wildman–Crippen LogP) is 3.29. The minimum atomic E-state index is 0.432. The number of ether oxygens (including phenoxy) is 1. The summed E-state index contributed by atoms with van der Waals surface area (Å²) in [7, 11) is 1.74. The molecule has 1 aromatic rings. The van der Waals surface area contributed by atoms with Gasteiger partial charge in [-0.2, -0.15) is 0 Å². The molecule has 0 saturated heterocycles. The number of hydrogen-bond donors (Lipinski definition) is 1. The smallest absolute Gasteiger partial charge is 0.123 e. The number of rotatable bonds is 5. The van der Waals surface area contributed by atoms with Crippen molar-refractivity contribution in [3.8, 4) is 5.75 Å². The van der Waals surface area contributed by atoms with Gasteiger partial charge in [-0.1, -0.05) is 31.5 Å². The molecule has 1 N–H and O–H groups in total. The minimum absolute atomic E-state index is 0.432. The minimum Gasteiger partial charge on any atom is -0.496 e. The van der Waals surface area contributed by atoms with E-state index in [-0.39, 0.29) is 0 Å². The van der Waals surface area contributed by atoms with Crippen molar-refractivity contribution in [2.75, 3.05) is 7.11 Å². The monoisotopic (exact) mass is 219 g/mol. The fourth-order valence-corrected chi connectivity index (χ4v) is 2.24. The van der Waals surface area contributed by atoms with E-state index < -0.39 is 0 Å². The zero-order valence-electron chi connectivity index (χ0n) is 10.2. The third-order valence-corrected chi connectivity index (χ3v) is 3.46. The first-order chi connectivity index (χ1) is 7.85. The van der Waals surface area contributed by atoms with E-state index >= 15 is 0 Å². The highest BCUT2D eigenvalue weighted by Crippen LogP contribution is 2.29. The van der Waals surface area contributed by atoms with Crippen LogP contribution >= 0.6 is 0 Å². The Balaban J connectivity index is 2.11. The Bertz CT molecular complexity index is 333. The first-order valence-electron chi connectivity index (χ1n) is 6.24. The van der Waals surface area contributed by atoms with Crippen molar-refractivity contribution >= 4 is 0 Å². The summed E-state index contributed by atoms with van der Waals surface area (Å²) < 4.78 is 5.42. The maximum Gasteiger partial charge on any atom is 0.123 e. The molecule has 0 bridgehead atoms. The van der Waals surface area contributed by atoms with Crippen molar-refractivity contribution in [2.24, 2.45) is 0 Å². The lowest BCUT2D eigenvalue weighted by atomic mass is 9.91. The second-order valence-corrected chi connectivity index (χ2v) is 4.50. The van der Waals surface area contributed by atoms with Gasteiger partial charge in [-0.15, -0.1) is 0 Å². The van der Waals surface area contributed by atoms with Gasteiger partial charge >= 0.3 is 0 Å². The van der Waals surface area contributed by atoms with E-state index in [0.717, 1.165) is 18.2 Å². The lowest BCUT2D eigenvalue weighted by Crippen LogP contribution is -2.37. The van der Waals surface area contributed by atoms with E-state index in [1.54, 1.807) is 7.11 Å². The summed E-state index contributed by atoms with van der Waals surface area (Å²) in [4.78, 5) is 0. The largest absolute Gasteiger partial charge is 0.496 e. The number of methoxy groups -OCH3 is 1. The molecule has 2 rings (SSSR count). The summed E-state index contributed by atoms with van der Waals surface area (Å²) in [5.41, 5.74) is 1.29. The number of hydrogen-bond acceptors (Lipinski definition) is 2. The summed E-state index contributed by atoms with van der Waals surface area (Å²) >= 11 is 0. The molecule has 0 amide bonds. The Morgan fingerprint density at radius 3 is 2.69 bits per heavy atom. The van der Waals surface area contributed by atoms with Crippen LogP contribution in [0.15, 0.2) is 24.3 Å². The zero-order valence-corrected chi connectivity index (χ0v) is 10.2. The van der Waals surface area contributed by atoms with Crippen LogP contribution in [0.2, 0.25) is 0 Å². The Morgan fingerprint density at radius 1 is 1.38 bits per heavy atom. The molecular weight excluding hydrogens is 198 g/mol. The summed E-state index contributed by atoms with van der Waals surface area (Å²) in [5, 5.41) is 3.71. The molecule has 1 saturated carbocycles. The fraction of sp³-hybridized carbons (Fsp3) is 0.571. The van der Waals surface area contributed by atoms with E-state index in [0.29, 0.717) is 6.04 Å². The Kier molecular flexibility index (Phi) is 3.83. The highest BCUT2D eigenvalue weighted by atomic mass is 16.5. The van der Waals surface area contributed by atoms with Crippen molar-refractivity contribution in [1.82, 2.24) is 5.32 Å². The van der Waals surface area contributed by atoms with Gasteiger partial charge in [-0.25, -0.2) is 0 Å². The topological polar surface area (TPSA) is 21.3 Å². The SMILES string of the molecule is CCC(NC1CCC1)c1ccccc1OC. The summed E-state index contributed by atoms with van der Waals surface area (Å²) in [6.45, 7) is 2.22. The van der Waals surface area contributed by atoms with Gasteiger partial charge in [0.05, 0.1) is 7.11 Å². The Labute approximate surface area is 98.0 Å². The molecule has 0 heterocycles. The third kappa shape index (κ3) is 2.38. The molecule has 16 heavy (non-hydrogen) atoms. The van der Waals surface area contributed by atoms with Crippen molar-refractivity contribution in [3.63, 3.8) is 0 Å². The normalized spacial score (nSPS) is 17.9. The molecule has 88 valence electrons. The Morgan fingerprint density at radius 2 is 2.12 bits per heavy atom. The summed E-state index contributed by atoms with van der Waals surface area (Å²) in [6, 6.07) is 9.47. The van der Waals surface area contributed by atoms with Crippen LogP contribution in [0.3, 0.4) is 0 Å². The molecule has 1 aliphatic rings. The van der Waals surface area contributed by atoms with E-state index in [9.17, 15) is 0 Å². The first kappa shape index (κ1) is 11.5. The molecule has 0 radical (unpaired) electrons. The lowest BCUT2D eigenvalue weighted by molar-refractivity contribution is 0.297. The molecule has 2 heteroatoms.